The molecule has 1 aromatic heterocycles. The van der Waals surface area contributed by atoms with E-state index in [0.29, 0.717) is 5.76 Å². The first kappa shape index (κ1) is 14.9. The summed E-state index contributed by atoms with van der Waals surface area (Å²) in [7, 11) is 0. The minimum atomic E-state index is -0.188. The molecule has 2 aromatic carbocycles. The van der Waals surface area contributed by atoms with Gasteiger partial charge in [0.2, 0.25) is 5.91 Å². The minimum Gasteiger partial charge on any atom is -0.457 e. The molecule has 0 saturated heterocycles. The Hall–Kier alpha value is -3.07. The maximum atomic E-state index is 11.9. The number of rotatable bonds is 4. The molecule has 0 unspecified atom stereocenters. The van der Waals surface area contributed by atoms with Gasteiger partial charge in [0, 0.05) is 17.3 Å². The second kappa shape index (κ2) is 6.79. The summed E-state index contributed by atoms with van der Waals surface area (Å²) in [4.78, 5) is 11.9. The summed E-state index contributed by atoms with van der Waals surface area (Å²) in [6.45, 7) is 2.01. The zero-order valence-electron chi connectivity index (χ0n) is 12.8. The lowest BCUT2D eigenvalue weighted by Crippen LogP contribution is -2.07. The molecule has 0 bridgehead atoms. The molecular weight excluding hydrogens is 286 g/mol. The number of carbonyl (C=O) groups excluding carboxylic acids is 1. The molecule has 3 heteroatoms. The highest BCUT2D eigenvalue weighted by Gasteiger charge is 2.03. The SMILES string of the molecule is Cc1ccc(NC(=O)C=Cc2ccc(-c3ccccc3)o2)cc1. The lowest BCUT2D eigenvalue weighted by atomic mass is 10.2. The molecule has 0 spiro atoms. The van der Waals surface area contributed by atoms with Crippen molar-refractivity contribution in [1.29, 1.82) is 0 Å². The van der Waals surface area contributed by atoms with E-state index in [4.69, 9.17) is 4.42 Å². The summed E-state index contributed by atoms with van der Waals surface area (Å²) in [5.74, 6) is 1.23. The van der Waals surface area contributed by atoms with Crippen molar-refractivity contribution in [3.63, 3.8) is 0 Å². The number of benzene rings is 2. The van der Waals surface area contributed by atoms with Gasteiger partial charge >= 0.3 is 0 Å². The monoisotopic (exact) mass is 303 g/mol. The van der Waals surface area contributed by atoms with E-state index < -0.39 is 0 Å². The van der Waals surface area contributed by atoms with Gasteiger partial charge in [-0.3, -0.25) is 4.79 Å². The molecule has 1 heterocycles. The molecular formula is C20H17NO2. The van der Waals surface area contributed by atoms with Crippen LogP contribution < -0.4 is 5.32 Å². The third-order valence-corrected chi connectivity index (χ3v) is 3.40. The van der Waals surface area contributed by atoms with Crippen molar-refractivity contribution in [3.05, 3.63) is 84.1 Å². The number of hydrogen-bond acceptors (Lipinski definition) is 2. The van der Waals surface area contributed by atoms with Crippen molar-refractivity contribution in [2.75, 3.05) is 5.32 Å². The van der Waals surface area contributed by atoms with Crippen molar-refractivity contribution in [2.24, 2.45) is 0 Å². The second-order valence-electron chi connectivity index (χ2n) is 5.26. The molecule has 3 aromatic rings. The van der Waals surface area contributed by atoms with Crippen LogP contribution in [0.1, 0.15) is 11.3 Å². The maximum Gasteiger partial charge on any atom is 0.248 e. The van der Waals surface area contributed by atoms with Crippen LogP contribution in [0.15, 0.2) is 77.2 Å². The van der Waals surface area contributed by atoms with Gasteiger partial charge in [-0.2, -0.15) is 0 Å². The summed E-state index contributed by atoms with van der Waals surface area (Å²) in [6.07, 6.45) is 3.13. The average Bonchev–Trinajstić information content (AvgIpc) is 3.05. The van der Waals surface area contributed by atoms with E-state index in [0.717, 1.165) is 22.6 Å². The van der Waals surface area contributed by atoms with E-state index >= 15 is 0 Å². The van der Waals surface area contributed by atoms with Crippen LogP contribution in [0.3, 0.4) is 0 Å². The normalized spacial score (nSPS) is 10.8. The van der Waals surface area contributed by atoms with Crippen LogP contribution in [-0.4, -0.2) is 5.91 Å². The zero-order valence-corrected chi connectivity index (χ0v) is 12.8. The fraction of sp³-hybridized carbons (Fsp3) is 0.0500. The van der Waals surface area contributed by atoms with Gasteiger partial charge in [0.05, 0.1) is 0 Å². The third-order valence-electron chi connectivity index (χ3n) is 3.40. The van der Waals surface area contributed by atoms with Gasteiger partial charge in [-0.25, -0.2) is 0 Å². The summed E-state index contributed by atoms with van der Waals surface area (Å²) in [5, 5.41) is 2.81. The van der Waals surface area contributed by atoms with Gasteiger partial charge in [-0.15, -0.1) is 0 Å². The maximum absolute atomic E-state index is 11.9. The van der Waals surface area contributed by atoms with E-state index in [9.17, 15) is 4.79 Å². The van der Waals surface area contributed by atoms with Crippen LogP contribution in [0.25, 0.3) is 17.4 Å². The molecule has 0 aliphatic carbocycles. The number of aryl methyl sites for hydroxylation is 1. The zero-order chi connectivity index (χ0) is 16.1. The van der Waals surface area contributed by atoms with E-state index in [1.165, 1.54) is 6.08 Å². The Morgan fingerprint density at radius 1 is 0.957 bits per heavy atom. The van der Waals surface area contributed by atoms with Crippen molar-refractivity contribution in [2.45, 2.75) is 6.92 Å². The number of anilines is 1. The topological polar surface area (TPSA) is 42.2 Å². The van der Waals surface area contributed by atoms with Crippen LogP contribution in [0.5, 0.6) is 0 Å². The number of nitrogens with one attached hydrogen (secondary N) is 1. The highest BCUT2D eigenvalue weighted by atomic mass is 16.3. The van der Waals surface area contributed by atoms with E-state index in [2.05, 4.69) is 5.32 Å². The molecule has 0 atom stereocenters. The summed E-state index contributed by atoms with van der Waals surface area (Å²) >= 11 is 0. The summed E-state index contributed by atoms with van der Waals surface area (Å²) < 4.78 is 5.72. The van der Waals surface area contributed by atoms with Crippen molar-refractivity contribution < 1.29 is 9.21 Å². The molecule has 23 heavy (non-hydrogen) atoms. The Kier molecular flexibility index (Phi) is 4.39. The molecule has 114 valence electrons. The highest BCUT2D eigenvalue weighted by Crippen LogP contribution is 2.22. The minimum absolute atomic E-state index is 0.188. The Labute approximate surface area is 135 Å². The van der Waals surface area contributed by atoms with Crippen LogP contribution >= 0.6 is 0 Å². The largest absolute Gasteiger partial charge is 0.457 e. The van der Waals surface area contributed by atoms with Gasteiger partial charge < -0.3 is 9.73 Å². The van der Waals surface area contributed by atoms with Crippen LogP contribution in [0, 0.1) is 6.92 Å². The lowest BCUT2D eigenvalue weighted by Gasteiger charge is -2.01. The second-order valence-corrected chi connectivity index (χ2v) is 5.26. The van der Waals surface area contributed by atoms with Gasteiger partial charge in [-0.05, 0) is 37.3 Å². The number of carbonyl (C=O) groups is 1. The molecule has 0 radical (unpaired) electrons. The van der Waals surface area contributed by atoms with Crippen molar-refractivity contribution in [1.82, 2.24) is 0 Å². The van der Waals surface area contributed by atoms with Gasteiger partial charge in [0.25, 0.3) is 0 Å². The van der Waals surface area contributed by atoms with Gasteiger partial charge in [0.1, 0.15) is 11.5 Å². The summed E-state index contributed by atoms with van der Waals surface area (Å²) in [6, 6.07) is 21.3. The van der Waals surface area contributed by atoms with Crippen molar-refractivity contribution >= 4 is 17.7 Å². The molecule has 0 saturated carbocycles. The Morgan fingerprint density at radius 3 is 2.43 bits per heavy atom. The van der Waals surface area contributed by atoms with E-state index in [-0.39, 0.29) is 5.91 Å². The number of hydrogen-bond donors (Lipinski definition) is 1. The molecule has 3 nitrogen and oxygen atoms in total. The highest BCUT2D eigenvalue weighted by molar-refractivity contribution is 6.01. The molecule has 1 amide bonds. The average molecular weight is 303 g/mol. The van der Waals surface area contributed by atoms with E-state index in [1.807, 2.05) is 73.7 Å². The first-order valence-corrected chi connectivity index (χ1v) is 7.42. The molecule has 0 fully saturated rings. The number of furan rings is 1. The van der Waals surface area contributed by atoms with Gasteiger partial charge in [0.15, 0.2) is 0 Å². The van der Waals surface area contributed by atoms with Crippen LogP contribution in [0.2, 0.25) is 0 Å². The molecule has 0 aliphatic rings. The van der Waals surface area contributed by atoms with Gasteiger partial charge in [-0.1, -0.05) is 48.0 Å². The smallest absolute Gasteiger partial charge is 0.248 e. The fourth-order valence-electron chi connectivity index (χ4n) is 2.18. The predicted molar refractivity (Wildman–Crippen MR) is 93.0 cm³/mol. The predicted octanol–water partition coefficient (Wildman–Crippen LogP) is 4.91. The Morgan fingerprint density at radius 2 is 1.70 bits per heavy atom. The third kappa shape index (κ3) is 3.98. The molecule has 1 N–H and O–H groups in total. The lowest BCUT2D eigenvalue weighted by molar-refractivity contribution is -0.111. The fourth-order valence-corrected chi connectivity index (χ4v) is 2.18. The summed E-state index contributed by atoms with van der Waals surface area (Å²) in [5.41, 5.74) is 2.94. The van der Waals surface area contributed by atoms with Crippen LogP contribution in [0.4, 0.5) is 5.69 Å². The Balaban J connectivity index is 1.65. The first-order valence-electron chi connectivity index (χ1n) is 7.42. The first-order chi connectivity index (χ1) is 11.2. The molecule has 3 rings (SSSR count). The quantitative estimate of drug-likeness (QED) is 0.696. The molecule has 0 aliphatic heterocycles. The standard InChI is InChI=1S/C20H17NO2/c1-15-7-9-17(10-8-15)21-20(22)14-12-18-11-13-19(23-18)16-5-3-2-4-6-16/h2-14H,1H3,(H,21,22). The van der Waals surface area contributed by atoms with E-state index in [1.54, 1.807) is 6.08 Å². The Bertz CT molecular complexity index is 814. The van der Waals surface area contributed by atoms with Crippen molar-refractivity contribution in [3.8, 4) is 11.3 Å². The number of amides is 1. The van der Waals surface area contributed by atoms with Crippen LogP contribution in [-0.2, 0) is 4.79 Å².